The van der Waals surface area contributed by atoms with Crippen LogP contribution in [0.25, 0.3) is 0 Å². The predicted octanol–water partition coefficient (Wildman–Crippen LogP) is 2.69. The van der Waals surface area contributed by atoms with Gasteiger partial charge in [-0.3, -0.25) is 4.79 Å². The number of benzene rings is 2. The van der Waals surface area contributed by atoms with Gasteiger partial charge in [-0.2, -0.15) is 0 Å². The fourth-order valence-corrected chi connectivity index (χ4v) is 3.45. The number of amides is 1. The minimum atomic E-state index is -3.85. The van der Waals surface area contributed by atoms with Crippen LogP contribution in [0.5, 0.6) is 5.75 Å². The number of hydrogen-bond acceptors (Lipinski definition) is 4. The van der Waals surface area contributed by atoms with Gasteiger partial charge in [0.1, 0.15) is 23.1 Å². The maximum absolute atomic E-state index is 13.9. The molecule has 0 aromatic heterocycles. The number of carbonyl (C=O) groups excluding carboxylic acids is 1. The Kier molecular flexibility index (Phi) is 6.86. The summed E-state index contributed by atoms with van der Waals surface area (Å²) in [5.74, 6) is -1.88. The SMILES string of the molecule is CCOc1ccc(S(=O)(=O)NCCN(C(C)=O)c2c(F)cccc2F)cc1. The van der Waals surface area contributed by atoms with Gasteiger partial charge in [0, 0.05) is 20.0 Å². The van der Waals surface area contributed by atoms with E-state index in [0.29, 0.717) is 12.4 Å². The first kappa shape index (κ1) is 20.8. The van der Waals surface area contributed by atoms with Gasteiger partial charge in [-0.15, -0.1) is 0 Å². The van der Waals surface area contributed by atoms with Gasteiger partial charge in [-0.1, -0.05) is 6.07 Å². The zero-order valence-corrected chi connectivity index (χ0v) is 15.7. The summed E-state index contributed by atoms with van der Waals surface area (Å²) in [5, 5.41) is 0. The summed E-state index contributed by atoms with van der Waals surface area (Å²) in [6.45, 7) is 2.96. The monoisotopic (exact) mass is 398 g/mol. The molecule has 1 N–H and O–H groups in total. The first-order valence-electron chi connectivity index (χ1n) is 8.21. The number of rotatable bonds is 8. The average Bonchev–Trinajstić information content (AvgIpc) is 2.60. The molecule has 1 amide bonds. The minimum absolute atomic E-state index is 0.0115. The van der Waals surface area contributed by atoms with Crippen LogP contribution in [0.1, 0.15) is 13.8 Å². The number of sulfonamides is 1. The molecule has 6 nitrogen and oxygen atoms in total. The van der Waals surface area contributed by atoms with E-state index in [-0.39, 0.29) is 18.0 Å². The normalized spacial score (nSPS) is 11.3. The first-order valence-corrected chi connectivity index (χ1v) is 9.69. The van der Waals surface area contributed by atoms with Crippen molar-refractivity contribution in [2.45, 2.75) is 18.7 Å². The van der Waals surface area contributed by atoms with Crippen LogP contribution >= 0.6 is 0 Å². The van der Waals surface area contributed by atoms with Crippen molar-refractivity contribution < 1.29 is 26.7 Å². The highest BCUT2D eigenvalue weighted by Gasteiger charge is 2.21. The van der Waals surface area contributed by atoms with Gasteiger partial charge in [0.2, 0.25) is 15.9 Å². The third-order valence-electron chi connectivity index (χ3n) is 3.66. The van der Waals surface area contributed by atoms with Gasteiger partial charge >= 0.3 is 0 Å². The zero-order chi connectivity index (χ0) is 20.0. The van der Waals surface area contributed by atoms with E-state index in [0.717, 1.165) is 24.0 Å². The van der Waals surface area contributed by atoms with E-state index in [9.17, 15) is 22.0 Å². The average molecular weight is 398 g/mol. The lowest BCUT2D eigenvalue weighted by atomic mass is 10.2. The van der Waals surface area contributed by atoms with Crippen molar-refractivity contribution in [1.29, 1.82) is 0 Å². The molecule has 9 heteroatoms. The van der Waals surface area contributed by atoms with Gasteiger partial charge in [-0.05, 0) is 43.3 Å². The molecule has 2 rings (SSSR count). The van der Waals surface area contributed by atoms with Gasteiger partial charge < -0.3 is 9.64 Å². The molecule has 2 aromatic rings. The maximum Gasteiger partial charge on any atom is 0.240 e. The molecule has 0 aliphatic rings. The van der Waals surface area contributed by atoms with E-state index < -0.39 is 33.3 Å². The Bertz CT molecular complexity index is 882. The summed E-state index contributed by atoms with van der Waals surface area (Å²) in [7, 11) is -3.85. The number of hydrogen-bond donors (Lipinski definition) is 1. The lowest BCUT2D eigenvalue weighted by molar-refractivity contribution is -0.116. The van der Waals surface area contributed by atoms with Crippen LogP contribution in [0.4, 0.5) is 14.5 Å². The van der Waals surface area contributed by atoms with E-state index >= 15 is 0 Å². The summed E-state index contributed by atoms with van der Waals surface area (Å²) in [6, 6.07) is 9.04. The van der Waals surface area contributed by atoms with Gasteiger partial charge in [0.25, 0.3) is 0 Å². The predicted molar refractivity (Wildman–Crippen MR) is 97.2 cm³/mol. The molecule has 0 spiro atoms. The quantitative estimate of drug-likeness (QED) is 0.742. The van der Waals surface area contributed by atoms with Crippen LogP contribution < -0.4 is 14.4 Å². The van der Waals surface area contributed by atoms with E-state index in [4.69, 9.17) is 4.74 Å². The highest BCUT2D eigenvalue weighted by atomic mass is 32.2. The second-order valence-corrected chi connectivity index (χ2v) is 7.31. The van der Waals surface area contributed by atoms with E-state index in [1.54, 1.807) is 0 Å². The molecule has 0 bridgehead atoms. The van der Waals surface area contributed by atoms with Gasteiger partial charge in [-0.25, -0.2) is 21.9 Å². The Hall–Kier alpha value is -2.52. The van der Waals surface area contributed by atoms with E-state index in [1.165, 1.54) is 30.3 Å². The summed E-state index contributed by atoms with van der Waals surface area (Å²) in [6.07, 6.45) is 0. The van der Waals surface area contributed by atoms with E-state index in [2.05, 4.69) is 4.72 Å². The molecule has 0 radical (unpaired) electrons. The molecule has 0 aliphatic carbocycles. The smallest absolute Gasteiger partial charge is 0.240 e. The van der Waals surface area contributed by atoms with Crippen LogP contribution in [-0.4, -0.2) is 34.0 Å². The number of ether oxygens (including phenoxy) is 1. The molecule has 0 saturated heterocycles. The van der Waals surface area contributed by atoms with Crippen LogP contribution in [0.15, 0.2) is 47.4 Å². The van der Waals surface area contributed by atoms with Gasteiger partial charge in [0.05, 0.1) is 11.5 Å². The van der Waals surface area contributed by atoms with Crippen LogP contribution in [0, 0.1) is 11.6 Å². The highest BCUT2D eigenvalue weighted by Crippen LogP contribution is 2.23. The summed E-state index contributed by atoms with van der Waals surface area (Å²) in [4.78, 5) is 12.6. The molecule has 0 unspecified atom stereocenters. The Balaban J connectivity index is 2.09. The van der Waals surface area contributed by atoms with Crippen molar-refractivity contribution in [3.63, 3.8) is 0 Å². The number of nitrogens with one attached hydrogen (secondary N) is 1. The zero-order valence-electron chi connectivity index (χ0n) is 14.9. The summed E-state index contributed by atoms with van der Waals surface area (Å²) < 4.78 is 60.0. The molecular weight excluding hydrogens is 378 g/mol. The number of carbonyl (C=O) groups is 1. The topological polar surface area (TPSA) is 75.7 Å². The summed E-state index contributed by atoms with van der Waals surface area (Å²) >= 11 is 0. The molecule has 0 atom stereocenters. The van der Waals surface area contributed by atoms with Crippen molar-refractivity contribution in [3.05, 3.63) is 54.1 Å². The Morgan fingerprint density at radius 1 is 1.11 bits per heavy atom. The lowest BCUT2D eigenvalue weighted by Gasteiger charge is -2.22. The van der Waals surface area contributed by atoms with Crippen molar-refractivity contribution in [3.8, 4) is 5.75 Å². The fourth-order valence-electron chi connectivity index (χ4n) is 2.43. The van der Waals surface area contributed by atoms with Crippen LogP contribution in [-0.2, 0) is 14.8 Å². The van der Waals surface area contributed by atoms with Crippen molar-refractivity contribution in [1.82, 2.24) is 4.72 Å². The number of para-hydroxylation sites is 1. The summed E-state index contributed by atoms with van der Waals surface area (Å²) in [5.41, 5.74) is -0.509. The number of nitrogens with zero attached hydrogens (tertiary/aromatic N) is 1. The number of halogens is 2. The fraction of sp³-hybridized carbons (Fsp3) is 0.278. The Morgan fingerprint density at radius 2 is 1.70 bits per heavy atom. The van der Waals surface area contributed by atoms with Gasteiger partial charge in [0.15, 0.2) is 0 Å². The minimum Gasteiger partial charge on any atom is -0.494 e. The molecule has 0 aliphatic heterocycles. The van der Waals surface area contributed by atoms with Crippen LogP contribution in [0.2, 0.25) is 0 Å². The second-order valence-electron chi connectivity index (χ2n) is 5.54. The second kappa shape index (κ2) is 8.92. The molecule has 146 valence electrons. The first-order chi connectivity index (χ1) is 12.8. The Labute approximate surface area is 156 Å². The molecule has 0 fully saturated rings. The largest absolute Gasteiger partial charge is 0.494 e. The molecule has 27 heavy (non-hydrogen) atoms. The molecule has 0 heterocycles. The molecule has 2 aromatic carbocycles. The van der Waals surface area contributed by atoms with Crippen LogP contribution in [0.3, 0.4) is 0 Å². The lowest BCUT2D eigenvalue weighted by Crippen LogP contribution is -2.38. The highest BCUT2D eigenvalue weighted by molar-refractivity contribution is 7.89. The maximum atomic E-state index is 13.9. The Morgan fingerprint density at radius 3 is 2.22 bits per heavy atom. The molecular formula is C18H20F2N2O4S. The number of anilines is 1. The third-order valence-corrected chi connectivity index (χ3v) is 5.14. The molecule has 0 saturated carbocycles. The van der Waals surface area contributed by atoms with E-state index in [1.807, 2.05) is 6.92 Å². The van der Waals surface area contributed by atoms with Crippen molar-refractivity contribution in [2.24, 2.45) is 0 Å². The van der Waals surface area contributed by atoms with Crippen molar-refractivity contribution in [2.75, 3.05) is 24.6 Å². The third kappa shape index (κ3) is 5.24. The standard InChI is InChI=1S/C18H20F2N2O4S/c1-3-26-14-7-9-15(10-8-14)27(24,25)21-11-12-22(13(2)23)18-16(19)5-4-6-17(18)20/h4-10,21H,3,11-12H2,1-2H3. The van der Waals surface area contributed by atoms with Crippen molar-refractivity contribution >= 4 is 21.6 Å².